The van der Waals surface area contributed by atoms with Crippen molar-refractivity contribution in [2.24, 2.45) is 0 Å². The minimum absolute atomic E-state index is 0.0436. The first-order valence-corrected chi connectivity index (χ1v) is 8.80. The second-order valence-electron chi connectivity index (χ2n) is 5.18. The van der Waals surface area contributed by atoms with Gasteiger partial charge in [0.05, 0.1) is 16.8 Å². The number of aliphatic carboxylic acids is 1. The summed E-state index contributed by atoms with van der Waals surface area (Å²) < 4.78 is 15.6. The molecule has 112 valence electrons. The summed E-state index contributed by atoms with van der Waals surface area (Å²) in [5.41, 5.74) is 1.45. The summed E-state index contributed by atoms with van der Waals surface area (Å²) in [6.45, 7) is 0.790. The van der Waals surface area contributed by atoms with E-state index in [4.69, 9.17) is 5.11 Å². The molecule has 21 heavy (non-hydrogen) atoms. The molecule has 1 aliphatic carbocycles. The molecule has 1 aromatic heterocycles. The zero-order chi connectivity index (χ0) is 15.0. The van der Waals surface area contributed by atoms with Crippen LogP contribution < -0.4 is 0 Å². The summed E-state index contributed by atoms with van der Waals surface area (Å²) in [6, 6.07) is 4.54. The third-order valence-electron chi connectivity index (χ3n) is 3.69. The molecule has 7 heteroatoms. The maximum absolute atomic E-state index is 13.4. The molecule has 1 fully saturated rings. The second-order valence-corrected chi connectivity index (χ2v) is 7.40. The quantitative estimate of drug-likeness (QED) is 0.826. The van der Waals surface area contributed by atoms with Crippen LogP contribution in [0.3, 0.4) is 0 Å². The van der Waals surface area contributed by atoms with Crippen LogP contribution in [0.5, 0.6) is 0 Å². The van der Waals surface area contributed by atoms with E-state index in [0.29, 0.717) is 10.7 Å². The van der Waals surface area contributed by atoms with Gasteiger partial charge < -0.3 is 9.67 Å². The molecule has 1 saturated carbocycles. The molecule has 4 nitrogen and oxygen atoms in total. The number of carboxylic acid groups (broad SMARTS) is 1. The van der Waals surface area contributed by atoms with Crippen LogP contribution in [-0.2, 0) is 11.3 Å². The lowest BCUT2D eigenvalue weighted by molar-refractivity contribution is -0.133. The number of fused-ring (bicyclic) bond motifs is 1. The SMILES string of the molecule is CSC1(Cn2c(SCC(=O)O)nc3cc(F)ccc32)CC1. The Bertz CT molecular complexity index is 698. The first kappa shape index (κ1) is 14.7. The Hall–Kier alpha value is -1.21. The lowest BCUT2D eigenvalue weighted by atomic mass is 10.3. The van der Waals surface area contributed by atoms with E-state index in [1.54, 1.807) is 6.07 Å². The highest BCUT2D eigenvalue weighted by atomic mass is 32.2. The number of aromatic nitrogens is 2. The molecule has 0 unspecified atom stereocenters. The molecule has 2 aromatic rings. The molecule has 0 radical (unpaired) electrons. The molecule has 0 bridgehead atoms. The Labute approximate surface area is 130 Å². The monoisotopic (exact) mass is 326 g/mol. The summed E-state index contributed by atoms with van der Waals surface area (Å²) in [7, 11) is 0. The fourth-order valence-electron chi connectivity index (χ4n) is 2.32. The van der Waals surface area contributed by atoms with Crippen LogP contribution in [0, 0.1) is 5.82 Å². The van der Waals surface area contributed by atoms with Gasteiger partial charge in [-0.1, -0.05) is 11.8 Å². The fourth-order valence-corrected chi connectivity index (χ4v) is 3.83. The highest BCUT2D eigenvalue weighted by Crippen LogP contribution is 2.49. The number of imidazole rings is 1. The molecule has 0 spiro atoms. The summed E-state index contributed by atoms with van der Waals surface area (Å²) >= 11 is 3.02. The standard InChI is InChI=1S/C14H15FN2O2S2/c1-20-14(4-5-14)8-17-11-3-2-9(15)6-10(11)16-13(17)21-7-12(18)19/h2-3,6H,4-5,7-8H2,1H3,(H,18,19). The Balaban J connectivity index is 2.00. The van der Waals surface area contributed by atoms with Gasteiger partial charge >= 0.3 is 5.97 Å². The van der Waals surface area contributed by atoms with Crippen molar-refractivity contribution < 1.29 is 14.3 Å². The van der Waals surface area contributed by atoms with Crippen LogP contribution in [0.2, 0.25) is 0 Å². The van der Waals surface area contributed by atoms with E-state index >= 15 is 0 Å². The Morgan fingerprint density at radius 3 is 2.90 bits per heavy atom. The average Bonchev–Trinajstić information content (AvgIpc) is 3.14. The molecule has 0 amide bonds. The van der Waals surface area contributed by atoms with Crippen molar-refractivity contribution in [3.05, 3.63) is 24.0 Å². The van der Waals surface area contributed by atoms with Gasteiger partial charge in [-0.2, -0.15) is 11.8 Å². The van der Waals surface area contributed by atoms with Crippen LogP contribution in [0.15, 0.2) is 23.4 Å². The van der Waals surface area contributed by atoms with Crippen LogP contribution in [0.4, 0.5) is 4.39 Å². The van der Waals surface area contributed by atoms with Crippen LogP contribution >= 0.6 is 23.5 Å². The highest BCUT2D eigenvalue weighted by molar-refractivity contribution is 8.00. The Morgan fingerprint density at radius 2 is 2.29 bits per heavy atom. The van der Waals surface area contributed by atoms with E-state index in [1.807, 2.05) is 16.3 Å². The topological polar surface area (TPSA) is 55.1 Å². The molecule has 0 aliphatic heterocycles. The van der Waals surface area contributed by atoms with E-state index in [9.17, 15) is 9.18 Å². The molecule has 3 rings (SSSR count). The van der Waals surface area contributed by atoms with Crippen molar-refractivity contribution in [1.29, 1.82) is 0 Å². The van der Waals surface area contributed by atoms with Gasteiger partial charge in [0.15, 0.2) is 5.16 Å². The molecule has 1 aromatic carbocycles. The van der Waals surface area contributed by atoms with Gasteiger partial charge in [-0.25, -0.2) is 9.37 Å². The number of rotatable bonds is 6. The maximum Gasteiger partial charge on any atom is 0.313 e. The lowest BCUT2D eigenvalue weighted by Gasteiger charge is -2.15. The van der Waals surface area contributed by atoms with Gasteiger partial charge in [0.1, 0.15) is 5.82 Å². The Morgan fingerprint density at radius 1 is 1.52 bits per heavy atom. The molecular weight excluding hydrogens is 311 g/mol. The van der Waals surface area contributed by atoms with Crippen LogP contribution in [-0.4, -0.2) is 37.4 Å². The highest BCUT2D eigenvalue weighted by Gasteiger charge is 2.42. The van der Waals surface area contributed by atoms with Gasteiger partial charge in [0.25, 0.3) is 0 Å². The number of hydrogen-bond acceptors (Lipinski definition) is 4. The summed E-state index contributed by atoms with van der Waals surface area (Å²) in [4.78, 5) is 15.2. The van der Waals surface area contributed by atoms with Crippen LogP contribution in [0.25, 0.3) is 11.0 Å². The zero-order valence-electron chi connectivity index (χ0n) is 11.5. The molecule has 0 saturated heterocycles. The number of benzene rings is 1. The van der Waals surface area contributed by atoms with Gasteiger partial charge in [-0.3, -0.25) is 4.79 Å². The number of hydrogen-bond donors (Lipinski definition) is 1. The van der Waals surface area contributed by atoms with E-state index < -0.39 is 5.97 Å². The number of halogens is 1. The summed E-state index contributed by atoms with van der Waals surface area (Å²) in [5, 5.41) is 9.51. The first-order valence-electron chi connectivity index (χ1n) is 6.58. The summed E-state index contributed by atoms with van der Waals surface area (Å²) in [5.74, 6) is -1.25. The number of thioether (sulfide) groups is 2. The van der Waals surface area contributed by atoms with Crippen molar-refractivity contribution in [3.63, 3.8) is 0 Å². The molecule has 0 atom stereocenters. The first-order chi connectivity index (χ1) is 10.0. The third-order valence-corrected chi connectivity index (χ3v) is 6.05. The zero-order valence-corrected chi connectivity index (χ0v) is 13.1. The molecular formula is C14H15FN2O2S2. The predicted molar refractivity (Wildman–Crippen MR) is 83.5 cm³/mol. The third kappa shape index (κ3) is 3.03. The summed E-state index contributed by atoms with van der Waals surface area (Å²) in [6.07, 6.45) is 4.39. The minimum Gasteiger partial charge on any atom is -0.481 e. The van der Waals surface area contributed by atoms with Gasteiger partial charge in [-0.05, 0) is 31.2 Å². The minimum atomic E-state index is -0.879. The molecule has 1 aliphatic rings. The molecule has 1 heterocycles. The maximum atomic E-state index is 13.4. The van der Waals surface area contributed by atoms with E-state index in [2.05, 4.69) is 11.2 Å². The average molecular weight is 326 g/mol. The number of nitrogens with zero attached hydrogens (tertiary/aromatic N) is 2. The van der Waals surface area contributed by atoms with E-state index in [-0.39, 0.29) is 16.3 Å². The fraction of sp³-hybridized carbons (Fsp3) is 0.429. The Kier molecular flexibility index (Phi) is 3.88. The van der Waals surface area contributed by atoms with Crippen LogP contribution in [0.1, 0.15) is 12.8 Å². The smallest absolute Gasteiger partial charge is 0.313 e. The number of carbonyl (C=O) groups is 1. The second kappa shape index (κ2) is 5.53. The van der Waals surface area contributed by atoms with Crippen molar-refractivity contribution in [2.75, 3.05) is 12.0 Å². The normalized spacial score (nSPS) is 16.3. The number of carboxylic acids is 1. The van der Waals surface area contributed by atoms with Gasteiger partial charge in [-0.15, -0.1) is 0 Å². The van der Waals surface area contributed by atoms with Crippen molar-refractivity contribution >= 4 is 40.5 Å². The van der Waals surface area contributed by atoms with Gasteiger partial charge in [0, 0.05) is 17.4 Å². The lowest BCUT2D eigenvalue weighted by Crippen LogP contribution is -2.15. The van der Waals surface area contributed by atoms with Crippen molar-refractivity contribution in [1.82, 2.24) is 9.55 Å². The van der Waals surface area contributed by atoms with E-state index in [0.717, 1.165) is 24.9 Å². The van der Waals surface area contributed by atoms with Crippen molar-refractivity contribution in [2.45, 2.75) is 29.3 Å². The predicted octanol–water partition coefficient (Wildman–Crippen LogP) is 3.25. The van der Waals surface area contributed by atoms with Crippen molar-refractivity contribution in [3.8, 4) is 0 Å². The molecule has 1 N–H and O–H groups in total. The largest absolute Gasteiger partial charge is 0.481 e. The van der Waals surface area contributed by atoms with Gasteiger partial charge in [0.2, 0.25) is 0 Å². The van der Waals surface area contributed by atoms with E-state index in [1.165, 1.54) is 23.9 Å².